The standard InChI is InChI=1S/C12H15N3O4/c13-11-2-1-8(15(18)19)7-10(11)12(17)14-5-3-9(16)4-6-14/h1-2,7,9,16H,3-6,13H2. The van der Waals surface area contributed by atoms with Crippen molar-refractivity contribution in [1.82, 2.24) is 4.90 Å². The summed E-state index contributed by atoms with van der Waals surface area (Å²) >= 11 is 0. The van der Waals surface area contributed by atoms with Gasteiger partial charge in [0.2, 0.25) is 0 Å². The van der Waals surface area contributed by atoms with E-state index >= 15 is 0 Å². The summed E-state index contributed by atoms with van der Waals surface area (Å²) in [5.74, 6) is -0.326. The first-order valence-electron chi connectivity index (χ1n) is 6.00. The Morgan fingerprint density at radius 2 is 2.05 bits per heavy atom. The molecule has 3 N–H and O–H groups in total. The molecule has 0 spiro atoms. The normalized spacial score (nSPS) is 16.4. The number of carbonyl (C=O) groups is 1. The number of nitro benzene ring substituents is 1. The van der Waals surface area contributed by atoms with E-state index in [1.54, 1.807) is 4.90 Å². The molecule has 19 heavy (non-hydrogen) atoms. The maximum atomic E-state index is 12.2. The zero-order chi connectivity index (χ0) is 14.0. The molecule has 7 nitrogen and oxygen atoms in total. The second kappa shape index (κ2) is 5.23. The highest BCUT2D eigenvalue weighted by molar-refractivity contribution is 5.99. The number of benzene rings is 1. The van der Waals surface area contributed by atoms with Crippen LogP contribution in [0.25, 0.3) is 0 Å². The SMILES string of the molecule is Nc1ccc([N+](=O)[O-])cc1C(=O)N1CCC(O)CC1. The van der Waals surface area contributed by atoms with Crippen LogP contribution < -0.4 is 5.73 Å². The van der Waals surface area contributed by atoms with E-state index < -0.39 is 4.92 Å². The molecule has 1 aromatic carbocycles. The van der Waals surface area contributed by atoms with Gasteiger partial charge >= 0.3 is 0 Å². The molecular formula is C12H15N3O4. The molecule has 1 aromatic rings. The summed E-state index contributed by atoms with van der Waals surface area (Å²) in [5.41, 5.74) is 5.92. The van der Waals surface area contributed by atoms with Gasteiger partial charge in [-0.15, -0.1) is 0 Å². The molecule has 0 aliphatic carbocycles. The van der Waals surface area contributed by atoms with Crippen molar-refractivity contribution in [3.05, 3.63) is 33.9 Å². The highest BCUT2D eigenvalue weighted by Gasteiger charge is 2.24. The molecule has 1 heterocycles. The number of rotatable bonds is 2. The van der Waals surface area contributed by atoms with Gasteiger partial charge in [0.25, 0.3) is 11.6 Å². The average molecular weight is 265 g/mol. The Morgan fingerprint density at radius 3 is 2.63 bits per heavy atom. The maximum absolute atomic E-state index is 12.2. The molecule has 0 bridgehead atoms. The van der Waals surface area contributed by atoms with Gasteiger partial charge in [0.15, 0.2) is 0 Å². The fourth-order valence-corrected chi connectivity index (χ4v) is 2.08. The number of piperidine rings is 1. The fourth-order valence-electron chi connectivity index (χ4n) is 2.08. The summed E-state index contributed by atoms with van der Waals surface area (Å²) in [4.78, 5) is 24.0. The Balaban J connectivity index is 2.23. The number of carbonyl (C=O) groups excluding carboxylic acids is 1. The molecular weight excluding hydrogens is 250 g/mol. The molecule has 1 fully saturated rings. The van der Waals surface area contributed by atoms with E-state index in [1.165, 1.54) is 18.2 Å². The lowest BCUT2D eigenvalue weighted by molar-refractivity contribution is -0.384. The lowest BCUT2D eigenvalue weighted by Crippen LogP contribution is -2.40. The van der Waals surface area contributed by atoms with Gasteiger partial charge in [-0.1, -0.05) is 0 Å². The second-order valence-electron chi connectivity index (χ2n) is 4.55. The average Bonchev–Trinajstić information content (AvgIpc) is 2.39. The van der Waals surface area contributed by atoms with Crippen LogP contribution in [0.5, 0.6) is 0 Å². The Morgan fingerprint density at radius 1 is 1.42 bits per heavy atom. The monoisotopic (exact) mass is 265 g/mol. The number of nitrogens with zero attached hydrogens (tertiary/aromatic N) is 2. The molecule has 7 heteroatoms. The largest absolute Gasteiger partial charge is 0.398 e. The van der Waals surface area contributed by atoms with Crippen molar-refractivity contribution in [2.75, 3.05) is 18.8 Å². The summed E-state index contributed by atoms with van der Waals surface area (Å²) in [6.07, 6.45) is 0.646. The number of nitrogen functional groups attached to an aromatic ring is 1. The summed E-state index contributed by atoms with van der Waals surface area (Å²) in [5, 5.41) is 20.1. The zero-order valence-electron chi connectivity index (χ0n) is 10.3. The van der Waals surface area contributed by atoms with E-state index in [-0.39, 0.29) is 28.9 Å². The first kappa shape index (κ1) is 13.3. The van der Waals surface area contributed by atoms with Crippen molar-refractivity contribution in [3.63, 3.8) is 0 Å². The molecule has 2 rings (SSSR count). The molecule has 1 aliphatic heterocycles. The van der Waals surface area contributed by atoms with Crippen LogP contribution in [0.2, 0.25) is 0 Å². The van der Waals surface area contributed by atoms with Gasteiger partial charge in [-0.25, -0.2) is 0 Å². The number of likely N-dealkylation sites (tertiary alicyclic amines) is 1. The number of amides is 1. The number of anilines is 1. The smallest absolute Gasteiger partial charge is 0.270 e. The molecule has 0 aromatic heterocycles. The zero-order valence-corrected chi connectivity index (χ0v) is 10.3. The molecule has 1 amide bonds. The molecule has 1 saturated heterocycles. The molecule has 1 aliphatic rings. The minimum Gasteiger partial charge on any atom is -0.398 e. The van der Waals surface area contributed by atoms with Crippen LogP contribution in [0.3, 0.4) is 0 Å². The number of non-ortho nitro benzene ring substituents is 1. The molecule has 0 saturated carbocycles. The van der Waals surface area contributed by atoms with Gasteiger partial charge < -0.3 is 15.7 Å². The summed E-state index contributed by atoms with van der Waals surface area (Å²) < 4.78 is 0. The first-order chi connectivity index (χ1) is 8.99. The Bertz CT molecular complexity index is 510. The summed E-state index contributed by atoms with van der Waals surface area (Å²) in [6, 6.07) is 3.83. The highest BCUT2D eigenvalue weighted by Crippen LogP contribution is 2.22. The second-order valence-corrected chi connectivity index (χ2v) is 4.55. The molecule has 0 radical (unpaired) electrons. The van der Waals surface area contributed by atoms with Crippen molar-refractivity contribution in [2.45, 2.75) is 18.9 Å². The first-order valence-corrected chi connectivity index (χ1v) is 6.00. The Hall–Kier alpha value is -2.15. The van der Waals surface area contributed by atoms with Gasteiger partial charge in [-0.3, -0.25) is 14.9 Å². The number of hydrogen-bond donors (Lipinski definition) is 2. The van der Waals surface area contributed by atoms with Gasteiger partial charge in [-0.2, -0.15) is 0 Å². The lowest BCUT2D eigenvalue weighted by Gasteiger charge is -2.29. The molecule has 102 valence electrons. The van der Waals surface area contributed by atoms with Crippen LogP contribution in [-0.4, -0.2) is 40.0 Å². The van der Waals surface area contributed by atoms with Crippen molar-refractivity contribution in [3.8, 4) is 0 Å². The van der Waals surface area contributed by atoms with E-state index in [0.29, 0.717) is 25.9 Å². The van der Waals surface area contributed by atoms with Crippen molar-refractivity contribution < 1.29 is 14.8 Å². The fraction of sp³-hybridized carbons (Fsp3) is 0.417. The van der Waals surface area contributed by atoms with E-state index in [9.17, 15) is 20.0 Å². The number of aliphatic hydroxyl groups excluding tert-OH is 1. The quantitative estimate of drug-likeness (QED) is 0.466. The van der Waals surface area contributed by atoms with Gasteiger partial charge in [-0.05, 0) is 18.9 Å². The van der Waals surface area contributed by atoms with E-state index in [0.717, 1.165) is 0 Å². The third-order valence-corrected chi connectivity index (χ3v) is 3.23. The number of hydrogen-bond acceptors (Lipinski definition) is 5. The van der Waals surface area contributed by atoms with Crippen LogP contribution in [0, 0.1) is 10.1 Å². The van der Waals surface area contributed by atoms with E-state index in [4.69, 9.17) is 5.73 Å². The Labute approximate surface area is 109 Å². The minimum atomic E-state index is -0.559. The van der Waals surface area contributed by atoms with Crippen LogP contribution in [0.1, 0.15) is 23.2 Å². The summed E-state index contributed by atoms with van der Waals surface area (Å²) in [7, 11) is 0. The van der Waals surface area contributed by atoms with Crippen LogP contribution in [0.15, 0.2) is 18.2 Å². The van der Waals surface area contributed by atoms with Crippen molar-refractivity contribution in [2.24, 2.45) is 0 Å². The van der Waals surface area contributed by atoms with Gasteiger partial charge in [0.1, 0.15) is 0 Å². The predicted octanol–water partition coefficient (Wildman–Crippen LogP) is 0.774. The van der Waals surface area contributed by atoms with Crippen LogP contribution in [0.4, 0.5) is 11.4 Å². The lowest BCUT2D eigenvalue weighted by atomic mass is 10.1. The predicted molar refractivity (Wildman–Crippen MR) is 68.7 cm³/mol. The molecule has 0 atom stereocenters. The number of nitro groups is 1. The Kier molecular flexibility index (Phi) is 3.66. The maximum Gasteiger partial charge on any atom is 0.270 e. The van der Waals surface area contributed by atoms with Crippen LogP contribution >= 0.6 is 0 Å². The van der Waals surface area contributed by atoms with Crippen LogP contribution in [-0.2, 0) is 0 Å². The highest BCUT2D eigenvalue weighted by atomic mass is 16.6. The third kappa shape index (κ3) is 2.82. The molecule has 0 unspecified atom stereocenters. The summed E-state index contributed by atoms with van der Waals surface area (Å²) in [6.45, 7) is 0.865. The number of aliphatic hydroxyl groups is 1. The van der Waals surface area contributed by atoms with E-state index in [2.05, 4.69) is 0 Å². The van der Waals surface area contributed by atoms with E-state index in [1.807, 2.05) is 0 Å². The number of nitrogens with two attached hydrogens (primary N) is 1. The van der Waals surface area contributed by atoms with Crippen molar-refractivity contribution in [1.29, 1.82) is 0 Å². The third-order valence-electron chi connectivity index (χ3n) is 3.23. The van der Waals surface area contributed by atoms with Crippen molar-refractivity contribution >= 4 is 17.3 Å². The van der Waals surface area contributed by atoms with Gasteiger partial charge in [0.05, 0.1) is 16.6 Å². The topological polar surface area (TPSA) is 110 Å². The van der Waals surface area contributed by atoms with Gasteiger partial charge in [0, 0.05) is 30.9 Å². The minimum absolute atomic E-state index is 0.144.